The molecule has 0 radical (unpaired) electrons. The van der Waals surface area contributed by atoms with E-state index in [1.807, 2.05) is 25.5 Å². The van der Waals surface area contributed by atoms with E-state index in [-0.39, 0.29) is 47.2 Å². The molecule has 2 aromatic heterocycles. The first kappa shape index (κ1) is 28.6. The van der Waals surface area contributed by atoms with Crippen LogP contribution in [0.25, 0.3) is 0 Å². The lowest BCUT2D eigenvalue weighted by atomic mass is 9.84. The molecule has 3 aliphatic rings. The van der Waals surface area contributed by atoms with E-state index in [1.165, 1.54) is 17.4 Å². The van der Waals surface area contributed by atoms with Crippen LogP contribution in [0.15, 0.2) is 30.6 Å². The van der Waals surface area contributed by atoms with Gasteiger partial charge in [-0.05, 0) is 74.0 Å². The van der Waals surface area contributed by atoms with Crippen molar-refractivity contribution < 1.29 is 27.4 Å². The van der Waals surface area contributed by atoms with Crippen molar-refractivity contribution in [2.75, 3.05) is 31.3 Å². The Morgan fingerprint density at radius 1 is 1.17 bits per heavy atom. The summed E-state index contributed by atoms with van der Waals surface area (Å²) >= 11 is 0. The summed E-state index contributed by atoms with van der Waals surface area (Å²) in [4.78, 5) is 19.7. The minimum Gasteiger partial charge on any atom is -0.478 e. The predicted molar refractivity (Wildman–Crippen MR) is 148 cm³/mol. The maximum Gasteiger partial charge on any atom is 0.416 e. The number of carbonyl (C=O) groups excluding carboxylic acids is 1. The highest BCUT2D eigenvalue weighted by molar-refractivity contribution is 6.10. The van der Waals surface area contributed by atoms with Crippen LogP contribution in [-0.4, -0.2) is 52.0 Å². The third-order valence-corrected chi connectivity index (χ3v) is 8.71. The van der Waals surface area contributed by atoms with Gasteiger partial charge in [-0.15, -0.1) is 10.2 Å². The maximum absolute atomic E-state index is 14.4. The van der Waals surface area contributed by atoms with Crippen LogP contribution in [0, 0.1) is 11.8 Å². The molecule has 1 saturated heterocycles. The molecule has 1 amide bonds. The second-order valence-corrected chi connectivity index (χ2v) is 11.5. The van der Waals surface area contributed by atoms with E-state index < -0.39 is 17.6 Å². The molecule has 2 aliphatic heterocycles. The molecule has 224 valence electrons. The number of anilines is 1. The van der Waals surface area contributed by atoms with Crippen molar-refractivity contribution in [3.05, 3.63) is 64.2 Å². The number of carbonyl (C=O) groups is 1. The molecule has 2 fully saturated rings. The fourth-order valence-electron chi connectivity index (χ4n) is 5.98. The molecule has 42 heavy (non-hydrogen) atoms. The van der Waals surface area contributed by atoms with Gasteiger partial charge in [0.2, 0.25) is 5.88 Å². The van der Waals surface area contributed by atoms with E-state index in [0.717, 1.165) is 24.9 Å². The van der Waals surface area contributed by atoms with Gasteiger partial charge >= 0.3 is 6.18 Å². The Balaban J connectivity index is 1.37. The lowest BCUT2D eigenvalue weighted by Gasteiger charge is -2.33. The summed E-state index contributed by atoms with van der Waals surface area (Å²) in [5, 5.41) is 11.7. The summed E-state index contributed by atoms with van der Waals surface area (Å²) in [6.45, 7) is 5.55. The van der Waals surface area contributed by atoms with Crippen molar-refractivity contribution in [1.29, 1.82) is 0 Å². The molecule has 3 aromatic rings. The summed E-state index contributed by atoms with van der Waals surface area (Å²) in [5.41, 5.74) is 0.457. The zero-order valence-corrected chi connectivity index (χ0v) is 23.9. The van der Waals surface area contributed by atoms with Gasteiger partial charge in [-0.3, -0.25) is 9.69 Å². The quantitative estimate of drug-likeness (QED) is 0.358. The zero-order chi connectivity index (χ0) is 29.6. The molecule has 12 heteroatoms. The Hall–Kier alpha value is -3.51. The Morgan fingerprint density at radius 3 is 2.55 bits per heavy atom. The largest absolute Gasteiger partial charge is 0.478 e. The number of nitrogens with one attached hydrogen (secondary N) is 1. The van der Waals surface area contributed by atoms with Gasteiger partial charge in [0.05, 0.1) is 37.8 Å². The number of hydrogen-bond donors (Lipinski definition) is 1. The Morgan fingerprint density at radius 2 is 1.95 bits per heavy atom. The van der Waals surface area contributed by atoms with Crippen LogP contribution in [0.2, 0.25) is 0 Å². The molecule has 1 N–H and O–H groups in total. The number of ether oxygens (including phenoxy) is 2. The van der Waals surface area contributed by atoms with Crippen molar-refractivity contribution in [1.82, 2.24) is 25.1 Å². The third-order valence-electron chi connectivity index (χ3n) is 8.71. The number of nitrogens with zero attached hydrogens (tertiary/aromatic N) is 5. The van der Waals surface area contributed by atoms with Gasteiger partial charge in [-0.25, -0.2) is 0 Å². The first-order chi connectivity index (χ1) is 20.1. The fourth-order valence-corrected chi connectivity index (χ4v) is 5.98. The standard InChI is InChI=1S/C30H35F3N6O3/c1-4-42-26-11-20(27(21-14-41-15-21)28-37-35-16-38(28)3)10-25(36-26)39-13-23-22(29(39)40)8-19(9-24(23)30(31,32)33)17(2)34-12-18-6-5-7-18/h8-11,16-18,21,27,34H,4-7,12-15H2,1-3H3/t17-,27?/m1/s1. The van der Waals surface area contributed by atoms with Gasteiger partial charge in [-0.2, -0.15) is 18.2 Å². The van der Waals surface area contributed by atoms with Crippen LogP contribution in [0.4, 0.5) is 19.0 Å². The fraction of sp³-hybridized carbons (Fsp3) is 0.533. The molecular weight excluding hydrogens is 549 g/mol. The minimum absolute atomic E-state index is 0.0372. The van der Waals surface area contributed by atoms with Gasteiger partial charge in [0.1, 0.15) is 18.0 Å². The van der Waals surface area contributed by atoms with E-state index in [9.17, 15) is 18.0 Å². The van der Waals surface area contributed by atoms with Crippen LogP contribution in [0.5, 0.6) is 5.88 Å². The molecule has 1 aliphatic carbocycles. The lowest BCUT2D eigenvalue weighted by molar-refractivity contribution is -0.138. The highest BCUT2D eigenvalue weighted by Crippen LogP contribution is 2.42. The number of aromatic nitrogens is 4. The SMILES string of the molecule is CCOc1cc(C(c2nncn2C)C2COC2)cc(N2Cc3c(cc([C@@H](C)NCC4CCC4)cc3C(F)(F)F)C2=O)n1. The molecule has 9 nitrogen and oxygen atoms in total. The molecule has 0 spiro atoms. The summed E-state index contributed by atoms with van der Waals surface area (Å²) in [7, 11) is 1.85. The van der Waals surface area contributed by atoms with Gasteiger partial charge in [-0.1, -0.05) is 6.42 Å². The van der Waals surface area contributed by atoms with E-state index in [1.54, 1.807) is 24.5 Å². The number of halogens is 3. The normalized spacial score (nSPS) is 18.9. The number of alkyl halides is 3. The zero-order valence-electron chi connectivity index (χ0n) is 23.9. The molecule has 4 heterocycles. The van der Waals surface area contributed by atoms with E-state index >= 15 is 0 Å². The van der Waals surface area contributed by atoms with Crippen LogP contribution in [0.3, 0.4) is 0 Å². The predicted octanol–water partition coefficient (Wildman–Crippen LogP) is 5.02. The van der Waals surface area contributed by atoms with Gasteiger partial charge in [0, 0.05) is 30.6 Å². The van der Waals surface area contributed by atoms with Crippen molar-refractivity contribution in [3.63, 3.8) is 0 Å². The monoisotopic (exact) mass is 584 g/mol. The van der Waals surface area contributed by atoms with E-state index in [2.05, 4.69) is 20.5 Å². The number of pyridine rings is 1. The number of fused-ring (bicyclic) bond motifs is 1. The van der Waals surface area contributed by atoms with Crippen molar-refractivity contribution >= 4 is 11.7 Å². The summed E-state index contributed by atoms with van der Waals surface area (Å²) in [6, 6.07) is 6.01. The highest BCUT2D eigenvalue weighted by Gasteiger charge is 2.42. The number of amides is 1. The number of aryl methyl sites for hydroxylation is 1. The Labute approximate surface area is 242 Å². The summed E-state index contributed by atoms with van der Waals surface area (Å²) in [5.74, 6) is 1.15. The second kappa shape index (κ2) is 11.3. The van der Waals surface area contributed by atoms with Crippen LogP contribution in [0.1, 0.15) is 83.5 Å². The molecule has 6 rings (SSSR count). The Kier molecular flexibility index (Phi) is 7.69. The summed E-state index contributed by atoms with van der Waals surface area (Å²) in [6.07, 6.45) is 0.456. The maximum atomic E-state index is 14.4. The molecule has 0 bridgehead atoms. The first-order valence-corrected chi connectivity index (χ1v) is 14.5. The molecule has 1 saturated carbocycles. The number of rotatable bonds is 10. The summed E-state index contributed by atoms with van der Waals surface area (Å²) < 4.78 is 56.2. The van der Waals surface area contributed by atoms with Crippen molar-refractivity contribution in [3.8, 4) is 5.88 Å². The van der Waals surface area contributed by atoms with E-state index in [0.29, 0.717) is 37.1 Å². The molecular formula is C30H35F3N6O3. The van der Waals surface area contributed by atoms with Gasteiger partial charge in [0.25, 0.3) is 5.91 Å². The smallest absolute Gasteiger partial charge is 0.416 e. The lowest BCUT2D eigenvalue weighted by Crippen LogP contribution is -2.35. The first-order valence-electron chi connectivity index (χ1n) is 14.5. The highest BCUT2D eigenvalue weighted by atomic mass is 19.4. The molecule has 1 unspecified atom stereocenters. The number of benzene rings is 1. The Bertz CT molecular complexity index is 1470. The molecule has 1 aromatic carbocycles. The average molecular weight is 585 g/mol. The average Bonchev–Trinajstić information content (AvgIpc) is 3.46. The second-order valence-electron chi connectivity index (χ2n) is 11.5. The topological polar surface area (TPSA) is 94.4 Å². The molecule has 2 atom stereocenters. The van der Waals surface area contributed by atoms with Crippen LogP contribution < -0.4 is 15.0 Å². The number of hydrogen-bond acceptors (Lipinski definition) is 7. The van der Waals surface area contributed by atoms with Crippen molar-refractivity contribution in [2.24, 2.45) is 18.9 Å². The third kappa shape index (κ3) is 5.37. The van der Waals surface area contributed by atoms with Crippen molar-refractivity contribution in [2.45, 2.75) is 57.8 Å². The van der Waals surface area contributed by atoms with E-state index in [4.69, 9.17) is 9.47 Å². The van der Waals surface area contributed by atoms with Gasteiger partial charge < -0.3 is 19.4 Å². The van der Waals surface area contributed by atoms with Crippen LogP contribution in [-0.2, 0) is 24.5 Å². The van der Waals surface area contributed by atoms with Gasteiger partial charge in [0.15, 0.2) is 0 Å². The van der Waals surface area contributed by atoms with Crippen LogP contribution >= 0.6 is 0 Å². The minimum atomic E-state index is -4.61.